The summed E-state index contributed by atoms with van der Waals surface area (Å²) < 4.78 is 2.00. The molecule has 18 heavy (non-hydrogen) atoms. The Morgan fingerprint density at radius 2 is 2.28 bits per heavy atom. The largest absolute Gasteiger partial charge is 0.311 e. The van der Waals surface area contributed by atoms with E-state index < -0.39 is 0 Å². The van der Waals surface area contributed by atoms with Crippen molar-refractivity contribution in [1.82, 2.24) is 25.0 Å². The smallest absolute Gasteiger partial charge is 0.141 e. The maximum atomic E-state index is 4.39. The molecule has 2 atom stereocenters. The molecule has 2 rings (SSSR count). The number of aromatic nitrogens is 3. The molecule has 1 aliphatic rings. The van der Waals surface area contributed by atoms with Crippen molar-refractivity contribution in [2.45, 2.75) is 58.8 Å². The van der Waals surface area contributed by atoms with Crippen LogP contribution in [-0.4, -0.2) is 44.8 Å². The van der Waals surface area contributed by atoms with Gasteiger partial charge in [0.2, 0.25) is 0 Å². The van der Waals surface area contributed by atoms with Gasteiger partial charge < -0.3 is 5.32 Å². The van der Waals surface area contributed by atoms with Crippen molar-refractivity contribution >= 4 is 0 Å². The van der Waals surface area contributed by atoms with Gasteiger partial charge in [-0.25, -0.2) is 9.67 Å². The van der Waals surface area contributed by atoms with Crippen LogP contribution in [0.2, 0.25) is 0 Å². The van der Waals surface area contributed by atoms with Crippen molar-refractivity contribution in [3.05, 3.63) is 12.2 Å². The van der Waals surface area contributed by atoms with Gasteiger partial charge in [-0.3, -0.25) is 4.90 Å². The third-order valence-corrected chi connectivity index (χ3v) is 3.69. The van der Waals surface area contributed by atoms with E-state index in [9.17, 15) is 0 Å². The van der Waals surface area contributed by atoms with Crippen LogP contribution in [0.3, 0.4) is 0 Å². The second-order valence-corrected chi connectivity index (χ2v) is 5.17. The predicted octanol–water partition coefficient (Wildman–Crippen LogP) is 1.26. The van der Waals surface area contributed by atoms with E-state index in [0.717, 1.165) is 32.0 Å². The summed E-state index contributed by atoms with van der Waals surface area (Å²) in [5.74, 6) is 1.09. The van der Waals surface area contributed by atoms with Crippen LogP contribution < -0.4 is 5.32 Å². The Bertz CT molecular complexity index is 362. The zero-order valence-electron chi connectivity index (χ0n) is 11.8. The van der Waals surface area contributed by atoms with Crippen molar-refractivity contribution in [2.75, 3.05) is 13.1 Å². The number of nitrogens with zero attached hydrogens (tertiary/aromatic N) is 4. The van der Waals surface area contributed by atoms with E-state index in [0.29, 0.717) is 12.1 Å². The molecule has 0 bridgehead atoms. The Labute approximate surface area is 110 Å². The van der Waals surface area contributed by atoms with Crippen molar-refractivity contribution in [1.29, 1.82) is 0 Å². The monoisotopic (exact) mass is 251 g/mol. The molecular formula is C13H25N5. The van der Waals surface area contributed by atoms with Crippen LogP contribution in [-0.2, 0) is 13.1 Å². The summed E-state index contributed by atoms with van der Waals surface area (Å²) in [5, 5.41) is 7.82. The number of nitrogens with one attached hydrogen (secondary N) is 1. The molecule has 0 spiro atoms. The average Bonchev–Trinajstić information content (AvgIpc) is 2.80. The van der Waals surface area contributed by atoms with Gasteiger partial charge in [0.25, 0.3) is 0 Å². The summed E-state index contributed by atoms with van der Waals surface area (Å²) in [7, 11) is 0. The van der Waals surface area contributed by atoms with Crippen LogP contribution in [0, 0.1) is 0 Å². The first-order valence-electron chi connectivity index (χ1n) is 7.08. The molecule has 2 unspecified atom stereocenters. The lowest BCUT2D eigenvalue weighted by atomic mass is 10.1. The Morgan fingerprint density at radius 1 is 1.44 bits per heavy atom. The molecule has 1 saturated heterocycles. The van der Waals surface area contributed by atoms with Gasteiger partial charge in [0.15, 0.2) is 0 Å². The Morgan fingerprint density at radius 3 is 3.00 bits per heavy atom. The van der Waals surface area contributed by atoms with Gasteiger partial charge in [-0.2, -0.15) is 5.10 Å². The molecule has 1 aromatic heterocycles. The molecule has 5 heteroatoms. The summed E-state index contributed by atoms with van der Waals surface area (Å²) in [6.07, 6.45) is 4.15. The van der Waals surface area contributed by atoms with Crippen LogP contribution in [0.4, 0.5) is 0 Å². The second kappa shape index (κ2) is 6.29. The molecule has 2 heterocycles. The number of piperazine rings is 1. The normalized spacial score (nSPS) is 25.5. The summed E-state index contributed by atoms with van der Waals surface area (Å²) in [5.41, 5.74) is 0. The van der Waals surface area contributed by atoms with E-state index in [-0.39, 0.29) is 0 Å². The van der Waals surface area contributed by atoms with Gasteiger partial charge in [-0.1, -0.05) is 13.3 Å². The van der Waals surface area contributed by atoms with E-state index in [1.807, 2.05) is 4.68 Å². The summed E-state index contributed by atoms with van der Waals surface area (Å²) >= 11 is 0. The zero-order chi connectivity index (χ0) is 13.0. The molecule has 5 nitrogen and oxygen atoms in total. The van der Waals surface area contributed by atoms with Gasteiger partial charge in [-0.05, 0) is 20.3 Å². The first-order chi connectivity index (χ1) is 8.74. The van der Waals surface area contributed by atoms with Gasteiger partial charge >= 0.3 is 0 Å². The number of aryl methyl sites for hydroxylation is 1. The number of rotatable bonds is 5. The third kappa shape index (κ3) is 3.09. The fraction of sp³-hybridized carbons (Fsp3) is 0.846. The quantitative estimate of drug-likeness (QED) is 0.856. The summed E-state index contributed by atoms with van der Waals surface area (Å²) in [6.45, 7) is 10.6. The van der Waals surface area contributed by atoms with E-state index >= 15 is 0 Å². The third-order valence-electron chi connectivity index (χ3n) is 3.69. The average molecular weight is 251 g/mol. The SMILES string of the molecule is CCCC1CNC(C)CN1Cc1ncnn1CC. The van der Waals surface area contributed by atoms with E-state index in [1.165, 1.54) is 12.8 Å². The van der Waals surface area contributed by atoms with E-state index in [2.05, 4.69) is 41.1 Å². The Balaban J connectivity index is 2.04. The highest BCUT2D eigenvalue weighted by Gasteiger charge is 2.26. The minimum atomic E-state index is 0.566. The maximum absolute atomic E-state index is 4.39. The molecule has 0 radical (unpaired) electrons. The molecule has 0 saturated carbocycles. The fourth-order valence-electron chi connectivity index (χ4n) is 2.70. The maximum Gasteiger partial charge on any atom is 0.141 e. The highest BCUT2D eigenvalue weighted by atomic mass is 15.4. The lowest BCUT2D eigenvalue weighted by molar-refractivity contribution is 0.115. The highest BCUT2D eigenvalue weighted by molar-refractivity contribution is 4.90. The molecule has 1 fully saturated rings. The van der Waals surface area contributed by atoms with Crippen LogP contribution in [0.15, 0.2) is 6.33 Å². The first-order valence-corrected chi connectivity index (χ1v) is 7.08. The first kappa shape index (κ1) is 13.5. The van der Waals surface area contributed by atoms with E-state index in [1.54, 1.807) is 6.33 Å². The molecular weight excluding hydrogens is 226 g/mol. The zero-order valence-corrected chi connectivity index (χ0v) is 11.8. The van der Waals surface area contributed by atoms with Gasteiger partial charge in [-0.15, -0.1) is 0 Å². The lowest BCUT2D eigenvalue weighted by Crippen LogP contribution is -2.55. The number of hydrogen-bond donors (Lipinski definition) is 1. The highest BCUT2D eigenvalue weighted by Crippen LogP contribution is 2.15. The second-order valence-electron chi connectivity index (χ2n) is 5.17. The van der Waals surface area contributed by atoms with Crippen molar-refractivity contribution in [2.24, 2.45) is 0 Å². The molecule has 0 amide bonds. The van der Waals surface area contributed by atoms with E-state index in [4.69, 9.17) is 0 Å². The molecule has 102 valence electrons. The minimum Gasteiger partial charge on any atom is -0.311 e. The summed E-state index contributed by atoms with van der Waals surface area (Å²) in [6, 6.07) is 1.20. The molecule has 0 aliphatic carbocycles. The summed E-state index contributed by atoms with van der Waals surface area (Å²) in [4.78, 5) is 6.95. The lowest BCUT2D eigenvalue weighted by Gasteiger charge is -2.39. The fourth-order valence-corrected chi connectivity index (χ4v) is 2.70. The number of hydrogen-bond acceptors (Lipinski definition) is 4. The molecule has 1 aromatic rings. The van der Waals surface area contributed by atoms with Crippen LogP contribution in [0.1, 0.15) is 39.4 Å². The minimum absolute atomic E-state index is 0.566. The van der Waals surface area contributed by atoms with Crippen LogP contribution >= 0.6 is 0 Å². The van der Waals surface area contributed by atoms with Crippen molar-refractivity contribution < 1.29 is 0 Å². The van der Waals surface area contributed by atoms with Crippen LogP contribution in [0.25, 0.3) is 0 Å². The van der Waals surface area contributed by atoms with Gasteiger partial charge in [0.05, 0.1) is 6.54 Å². The van der Waals surface area contributed by atoms with Crippen molar-refractivity contribution in [3.8, 4) is 0 Å². The van der Waals surface area contributed by atoms with Gasteiger partial charge in [0.1, 0.15) is 12.2 Å². The molecule has 1 N–H and O–H groups in total. The predicted molar refractivity (Wildman–Crippen MR) is 72.3 cm³/mol. The standard InChI is InChI=1S/C13H25N5/c1-4-6-12-7-14-11(3)8-17(12)9-13-15-10-16-18(13)5-2/h10-12,14H,4-9H2,1-3H3. The topological polar surface area (TPSA) is 46.0 Å². The van der Waals surface area contributed by atoms with Gasteiger partial charge in [0, 0.05) is 31.7 Å². The van der Waals surface area contributed by atoms with Crippen molar-refractivity contribution in [3.63, 3.8) is 0 Å². The Kier molecular flexibility index (Phi) is 4.72. The molecule has 0 aromatic carbocycles. The van der Waals surface area contributed by atoms with Crippen LogP contribution in [0.5, 0.6) is 0 Å². The Hall–Kier alpha value is -0.940. The molecule has 1 aliphatic heterocycles.